The number of non-ortho nitro benzene ring substituents is 1. The van der Waals surface area contributed by atoms with Crippen molar-refractivity contribution in [3.8, 4) is 0 Å². The predicted octanol–water partition coefficient (Wildman–Crippen LogP) is 3.33. The Hall–Kier alpha value is -1.40. The summed E-state index contributed by atoms with van der Waals surface area (Å²) in [6.45, 7) is 5.88. The van der Waals surface area contributed by atoms with Gasteiger partial charge in [-0.25, -0.2) is 0 Å². The zero-order chi connectivity index (χ0) is 13.9. The maximum atomic E-state index is 10.7. The average Bonchev–Trinajstić information content (AvgIpc) is 2.12. The molecule has 0 heterocycles. The minimum absolute atomic E-state index is 0.0800. The number of halogens is 1. The summed E-state index contributed by atoms with van der Waals surface area (Å²) in [5, 5.41) is 17.3. The molecule has 0 spiro atoms. The van der Waals surface area contributed by atoms with Gasteiger partial charge < -0.3 is 10.6 Å². The van der Waals surface area contributed by atoms with Crippen molar-refractivity contribution in [3.63, 3.8) is 0 Å². The maximum Gasteiger partial charge on any atom is 0.272 e. The van der Waals surface area contributed by atoms with E-state index in [9.17, 15) is 10.1 Å². The third kappa shape index (κ3) is 4.85. The van der Waals surface area contributed by atoms with Crippen LogP contribution in [0.25, 0.3) is 0 Å². The lowest BCUT2D eigenvalue weighted by molar-refractivity contribution is -0.384. The third-order valence-corrected chi connectivity index (χ3v) is 2.26. The molecular formula is C11H14ClN3O2S. The highest BCUT2D eigenvalue weighted by Crippen LogP contribution is 2.24. The van der Waals surface area contributed by atoms with Crippen LogP contribution >= 0.6 is 23.8 Å². The highest BCUT2D eigenvalue weighted by atomic mass is 35.5. The van der Waals surface area contributed by atoms with E-state index in [2.05, 4.69) is 10.6 Å². The minimum atomic E-state index is -0.503. The number of anilines is 1. The van der Waals surface area contributed by atoms with Gasteiger partial charge in [-0.3, -0.25) is 10.1 Å². The van der Waals surface area contributed by atoms with E-state index in [1.54, 1.807) is 6.07 Å². The van der Waals surface area contributed by atoms with Gasteiger partial charge >= 0.3 is 0 Å². The van der Waals surface area contributed by atoms with Crippen molar-refractivity contribution in [1.29, 1.82) is 0 Å². The lowest BCUT2D eigenvalue weighted by Gasteiger charge is -2.23. The molecule has 1 rings (SSSR count). The maximum absolute atomic E-state index is 10.7. The van der Waals surface area contributed by atoms with Gasteiger partial charge in [0.25, 0.3) is 5.69 Å². The molecule has 0 aromatic heterocycles. The fourth-order valence-corrected chi connectivity index (χ4v) is 1.91. The van der Waals surface area contributed by atoms with Crippen LogP contribution in [0.15, 0.2) is 18.2 Å². The van der Waals surface area contributed by atoms with Gasteiger partial charge in [0.1, 0.15) is 0 Å². The second-order valence-electron chi connectivity index (χ2n) is 4.78. The molecule has 18 heavy (non-hydrogen) atoms. The molecule has 0 aliphatic heterocycles. The fourth-order valence-electron chi connectivity index (χ4n) is 1.25. The number of nitrogens with one attached hydrogen (secondary N) is 2. The summed E-state index contributed by atoms with van der Waals surface area (Å²) >= 11 is 10.9. The molecule has 5 nitrogen and oxygen atoms in total. The molecule has 1 aromatic carbocycles. The molecule has 98 valence electrons. The molecule has 0 saturated carbocycles. The van der Waals surface area contributed by atoms with E-state index in [0.717, 1.165) is 0 Å². The van der Waals surface area contributed by atoms with Crippen LogP contribution in [-0.2, 0) is 0 Å². The number of hydrogen-bond acceptors (Lipinski definition) is 3. The molecule has 0 aliphatic carbocycles. The van der Waals surface area contributed by atoms with Crippen LogP contribution in [0.4, 0.5) is 11.4 Å². The van der Waals surface area contributed by atoms with E-state index < -0.39 is 4.92 Å². The Kier molecular flexibility index (Phi) is 4.48. The normalized spacial score (nSPS) is 10.9. The quantitative estimate of drug-likeness (QED) is 0.496. The van der Waals surface area contributed by atoms with Crippen LogP contribution in [0.2, 0.25) is 5.02 Å². The molecule has 0 amide bonds. The molecule has 1 aromatic rings. The highest BCUT2D eigenvalue weighted by Gasteiger charge is 2.13. The molecule has 0 unspecified atom stereocenters. The van der Waals surface area contributed by atoms with Gasteiger partial charge in [-0.15, -0.1) is 0 Å². The first-order valence-electron chi connectivity index (χ1n) is 5.21. The summed E-state index contributed by atoms with van der Waals surface area (Å²) in [7, 11) is 0. The van der Waals surface area contributed by atoms with Gasteiger partial charge in [-0.1, -0.05) is 11.6 Å². The summed E-state index contributed by atoms with van der Waals surface area (Å²) in [4.78, 5) is 10.2. The molecule has 0 atom stereocenters. The van der Waals surface area contributed by atoms with Crippen molar-refractivity contribution in [2.75, 3.05) is 5.32 Å². The Labute approximate surface area is 116 Å². The minimum Gasteiger partial charge on any atom is -0.358 e. The van der Waals surface area contributed by atoms with Crippen LogP contribution in [-0.4, -0.2) is 15.6 Å². The van der Waals surface area contributed by atoms with E-state index in [0.29, 0.717) is 10.8 Å². The first kappa shape index (κ1) is 14.7. The van der Waals surface area contributed by atoms with Crippen molar-refractivity contribution in [3.05, 3.63) is 33.3 Å². The van der Waals surface area contributed by atoms with Crippen molar-refractivity contribution in [2.24, 2.45) is 0 Å². The second kappa shape index (κ2) is 5.49. The zero-order valence-corrected chi connectivity index (χ0v) is 11.9. The number of hydrogen-bond donors (Lipinski definition) is 2. The van der Waals surface area contributed by atoms with E-state index >= 15 is 0 Å². The largest absolute Gasteiger partial charge is 0.358 e. The van der Waals surface area contributed by atoms with Crippen LogP contribution in [0.5, 0.6) is 0 Å². The number of nitro benzene ring substituents is 1. The number of nitro groups is 1. The Morgan fingerprint density at radius 2 is 2.00 bits per heavy atom. The Morgan fingerprint density at radius 1 is 1.39 bits per heavy atom. The van der Waals surface area contributed by atoms with Crippen LogP contribution in [0.1, 0.15) is 20.8 Å². The van der Waals surface area contributed by atoms with Crippen molar-refractivity contribution in [2.45, 2.75) is 26.3 Å². The molecule has 2 N–H and O–H groups in total. The Balaban J connectivity index is 2.85. The topological polar surface area (TPSA) is 67.2 Å². The summed E-state index contributed by atoms with van der Waals surface area (Å²) < 4.78 is 0. The smallest absolute Gasteiger partial charge is 0.272 e. The molecule has 0 aliphatic rings. The zero-order valence-electron chi connectivity index (χ0n) is 10.3. The molecular weight excluding hydrogens is 274 g/mol. The van der Waals surface area contributed by atoms with Crippen LogP contribution < -0.4 is 10.6 Å². The van der Waals surface area contributed by atoms with Gasteiger partial charge in [0, 0.05) is 28.4 Å². The summed E-state index contributed by atoms with van der Waals surface area (Å²) in [5.74, 6) is 0. The predicted molar refractivity (Wildman–Crippen MR) is 77.2 cm³/mol. The summed E-state index contributed by atoms with van der Waals surface area (Å²) in [6, 6.07) is 4.24. The number of thiocarbonyl (C=S) groups is 1. The third-order valence-electron chi connectivity index (χ3n) is 1.84. The second-order valence-corrected chi connectivity index (χ2v) is 5.63. The summed E-state index contributed by atoms with van der Waals surface area (Å²) in [5.41, 5.74) is 0.216. The van der Waals surface area contributed by atoms with Gasteiger partial charge in [0.05, 0.1) is 4.92 Å². The van der Waals surface area contributed by atoms with Crippen molar-refractivity contribution < 1.29 is 4.92 Å². The monoisotopic (exact) mass is 287 g/mol. The van der Waals surface area contributed by atoms with Gasteiger partial charge in [-0.2, -0.15) is 0 Å². The standard InChI is InChI=1S/C11H14ClN3O2S/c1-11(2,3)14-10(18)13-8-4-7(12)5-9(6-8)15(16)17/h4-6H,1-3H3,(H2,13,14,18). The lowest BCUT2D eigenvalue weighted by Crippen LogP contribution is -2.42. The van der Waals surface area contributed by atoms with E-state index in [1.165, 1.54) is 12.1 Å². The SMILES string of the molecule is CC(C)(C)NC(=S)Nc1cc(Cl)cc([N+](=O)[O-])c1. The molecule has 7 heteroatoms. The highest BCUT2D eigenvalue weighted by molar-refractivity contribution is 7.80. The average molecular weight is 288 g/mol. The molecule has 0 bridgehead atoms. The van der Waals surface area contributed by atoms with Crippen LogP contribution in [0.3, 0.4) is 0 Å². The van der Waals surface area contributed by atoms with Crippen molar-refractivity contribution in [1.82, 2.24) is 5.32 Å². The first-order chi connectivity index (χ1) is 8.17. The van der Waals surface area contributed by atoms with E-state index in [1.807, 2.05) is 20.8 Å². The number of rotatable bonds is 2. The molecule has 0 radical (unpaired) electrons. The first-order valence-corrected chi connectivity index (χ1v) is 6.00. The molecule has 0 fully saturated rings. The van der Waals surface area contributed by atoms with E-state index in [-0.39, 0.29) is 16.2 Å². The van der Waals surface area contributed by atoms with Crippen molar-refractivity contribution >= 4 is 40.3 Å². The lowest BCUT2D eigenvalue weighted by atomic mass is 10.1. The Bertz CT molecular complexity index is 486. The van der Waals surface area contributed by atoms with Gasteiger partial charge in [0.2, 0.25) is 0 Å². The van der Waals surface area contributed by atoms with Gasteiger partial charge in [0.15, 0.2) is 5.11 Å². The Morgan fingerprint density at radius 3 is 2.50 bits per heavy atom. The van der Waals surface area contributed by atoms with Gasteiger partial charge in [-0.05, 0) is 39.1 Å². The number of nitrogens with zero attached hydrogens (tertiary/aromatic N) is 1. The summed E-state index contributed by atoms with van der Waals surface area (Å²) in [6.07, 6.45) is 0. The van der Waals surface area contributed by atoms with Crippen LogP contribution in [0, 0.1) is 10.1 Å². The number of benzene rings is 1. The fraction of sp³-hybridized carbons (Fsp3) is 0.364. The van der Waals surface area contributed by atoms with E-state index in [4.69, 9.17) is 23.8 Å². The molecule has 0 saturated heterocycles.